The highest BCUT2D eigenvalue weighted by Gasteiger charge is 2.21. The van der Waals surface area contributed by atoms with Crippen molar-refractivity contribution in [3.63, 3.8) is 0 Å². The summed E-state index contributed by atoms with van der Waals surface area (Å²) in [5, 5.41) is 12.0. The van der Waals surface area contributed by atoms with E-state index in [4.69, 9.17) is 0 Å². The summed E-state index contributed by atoms with van der Waals surface area (Å²) < 4.78 is 14.7. The molecule has 1 fully saturated rings. The van der Waals surface area contributed by atoms with Crippen LogP contribution in [0.2, 0.25) is 0 Å². The molecule has 1 saturated heterocycles. The molecule has 186 valence electrons. The molecular weight excluding hydrogens is 451 g/mol. The first-order valence-corrected chi connectivity index (χ1v) is 11.9. The summed E-state index contributed by atoms with van der Waals surface area (Å²) in [7, 11) is 0. The maximum Gasteiger partial charge on any atom is 0.270 e. The molecule has 10 heteroatoms. The van der Waals surface area contributed by atoms with Gasteiger partial charge >= 0.3 is 0 Å². The lowest BCUT2D eigenvalue weighted by atomic mass is 10.1. The zero-order valence-electron chi connectivity index (χ0n) is 20.3. The van der Waals surface area contributed by atoms with E-state index in [1.807, 2.05) is 19.9 Å². The number of piperazine rings is 1. The number of halogens is 1. The van der Waals surface area contributed by atoms with Crippen LogP contribution < -0.4 is 15.8 Å². The monoisotopic (exact) mass is 482 g/mol. The zero-order chi connectivity index (χ0) is 25.1. The Morgan fingerprint density at radius 3 is 2.63 bits per heavy atom. The number of H-pyrrole nitrogens is 1. The maximum absolute atomic E-state index is 14.7. The van der Waals surface area contributed by atoms with Gasteiger partial charge in [-0.15, -0.1) is 0 Å². The molecule has 1 amide bonds. The van der Waals surface area contributed by atoms with E-state index in [-0.39, 0.29) is 23.5 Å². The molecular formula is C25H31FN6O3. The van der Waals surface area contributed by atoms with E-state index < -0.39 is 11.9 Å². The van der Waals surface area contributed by atoms with Crippen LogP contribution in [0.1, 0.15) is 41.3 Å². The van der Waals surface area contributed by atoms with Gasteiger partial charge in [-0.25, -0.2) is 14.4 Å². The topological polar surface area (TPSA) is 114 Å². The molecule has 4 rings (SSSR count). The Balaban J connectivity index is 1.40. The number of hydrogen-bond acceptors (Lipinski definition) is 7. The van der Waals surface area contributed by atoms with Crippen LogP contribution in [0.3, 0.4) is 0 Å². The molecule has 0 radical (unpaired) electrons. The maximum atomic E-state index is 14.7. The van der Waals surface area contributed by atoms with Gasteiger partial charge in [-0.3, -0.25) is 14.5 Å². The van der Waals surface area contributed by atoms with Crippen LogP contribution in [0.4, 0.5) is 10.1 Å². The third kappa shape index (κ3) is 5.66. The Kier molecular flexibility index (Phi) is 7.42. The van der Waals surface area contributed by atoms with Gasteiger partial charge in [0.1, 0.15) is 16.9 Å². The Morgan fingerprint density at radius 1 is 1.23 bits per heavy atom. The first-order chi connectivity index (χ1) is 16.7. The fraction of sp³-hybridized carbons (Fsp3) is 0.440. The highest BCUT2D eigenvalue weighted by atomic mass is 19.1. The quantitative estimate of drug-likeness (QED) is 0.470. The molecule has 9 nitrogen and oxygen atoms in total. The summed E-state index contributed by atoms with van der Waals surface area (Å²) in [6.07, 6.45) is -0.167. The van der Waals surface area contributed by atoms with Gasteiger partial charge in [-0.2, -0.15) is 0 Å². The number of rotatable bonds is 7. The number of carbonyl (C=O) groups excluding carboxylic acids is 1. The number of aromatic amines is 1. The van der Waals surface area contributed by atoms with Crippen molar-refractivity contribution >= 4 is 22.6 Å². The van der Waals surface area contributed by atoms with Crippen LogP contribution in [-0.4, -0.2) is 69.7 Å². The minimum absolute atomic E-state index is 0.177. The van der Waals surface area contributed by atoms with E-state index in [1.54, 1.807) is 19.1 Å². The van der Waals surface area contributed by atoms with E-state index in [9.17, 15) is 19.1 Å². The summed E-state index contributed by atoms with van der Waals surface area (Å²) >= 11 is 0. The number of nitrogens with zero attached hydrogens (tertiary/aromatic N) is 4. The lowest BCUT2D eigenvalue weighted by Crippen LogP contribution is -2.46. The predicted molar refractivity (Wildman–Crippen MR) is 132 cm³/mol. The molecule has 0 saturated carbocycles. The Labute approximate surface area is 203 Å². The predicted octanol–water partition coefficient (Wildman–Crippen LogP) is 1.76. The number of hydrogen-bond donors (Lipinski definition) is 3. The van der Waals surface area contributed by atoms with Crippen molar-refractivity contribution in [1.82, 2.24) is 25.2 Å². The van der Waals surface area contributed by atoms with Gasteiger partial charge in [0.15, 0.2) is 5.82 Å². The Morgan fingerprint density at radius 2 is 1.97 bits per heavy atom. The second-order valence-corrected chi connectivity index (χ2v) is 8.96. The molecule has 0 unspecified atom stereocenters. The number of anilines is 1. The number of nitrogens with one attached hydrogen (secondary N) is 2. The van der Waals surface area contributed by atoms with Crippen molar-refractivity contribution in [1.29, 1.82) is 0 Å². The number of pyridine rings is 1. The summed E-state index contributed by atoms with van der Waals surface area (Å²) in [4.78, 5) is 40.2. The molecule has 0 aliphatic carbocycles. The number of aliphatic hydroxyl groups is 1. The smallest absolute Gasteiger partial charge is 0.270 e. The number of aryl methyl sites for hydroxylation is 2. The van der Waals surface area contributed by atoms with E-state index in [0.717, 1.165) is 43.1 Å². The molecule has 3 N–H and O–H groups in total. The summed E-state index contributed by atoms with van der Waals surface area (Å²) in [5.41, 5.74) is 3.52. The third-order valence-corrected chi connectivity index (χ3v) is 6.18. The normalized spacial score (nSPS) is 15.4. The highest BCUT2D eigenvalue weighted by Crippen LogP contribution is 2.22. The number of amides is 1. The summed E-state index contributed by atoms with van der Waals surface area (Å²) in [6, 6.07) is 6.90. The van der Waals surface area contributed by atoms with Gasteiger partial charge < -0.3 is 20.3 Å². The summed E-state index contributed by atoms with van der Waals surface area (Å²) in [5.74, 6) is -0.739. The van der Waals surface area contributed by atoms with Crippen LogP contribution in [0.15, 0.2) is 29.1 Å². The number of benzene rings is 1. The average Bonchev–Trinajstić information content (AvgIpc) is 2.82. The van der Waals surface area contributed by atoms with Crippen molar-refractivity contribution in [3.05, 3.63) is 63.1 Å². The van der Waals surface area contributed by atoms with E-state index in [1.165, 1.54) is 6.07 Å². The number of carbonyl (C=O) groups is 1. The van der Waals surface area contributed by atoms with Crippen molar-refractivity contribution < 1.29 is 14.3 Å². The molecule has 0 bridgehead atoms. The first-order valence-electron chi connectivity index (χ1n) is 11.9. The van der Waals surface area contributed by atoms with Crippen molar-refractivity contribution in [2.75, 3.05) is 37.6 Å². The van der Waals surface area contributed by atoms with Crippen LogP contribution >= 0.6 is 0 Å². The Bertz CT molecular complexity index is 1280. The lowest BCUT2D eigenvalue weighted by Gasteiger charge is -2.36. The van der Waals surface area contributed by atoms with Gasteiger partial charge in [-0.1, -0.05) is 6.92 Å². The van der Waals surface area contributed by atoms with Crippen LogP contribution in [0.5, 0.6) is 0 Å². The Hall–Kier alpha value is -3.37. The minimum Gasteiger partial charge on any atom is -0.392 e. The number of fused-ring (bicyclic) bond motifs is 1. The standard InChI is InChI=1S/C25H31FN6O3/c1-4-19-25(35)30-21-12-17(11-18(26)23(21)29-19)14-31-7-9-32(10-8-31)22-6-5-20(28-16(22)3)24(34)27-13-15(2)33/h5-6,11-12,15,33H,4,7-10,13-14H2,1-3H3,(H,27,34)(H,30,35)/t15-/m1/s1. The van der Waals surface area contributed by atoms with Gasteiger partial charge in [-0.05, 0) is 50.1 Å². The lowest BCUT2D eigenvalue weighted by molar-refractivity contribution is 0.0919. The third-order valence-electron chi connectivity index (χ3n) is 6.18. The second-order valence-electron chi connectivity index (χ2n) is 8.96. The minimum atomic E-state index is -0.616. The van der Waals surface area contributed by atoms with Crippen LogP contribution in [0.25, 0.3) is 11.0 Å². The molecule has 1 aromatic carbocycles. The number of aromatic nitrogens is 3. The average molecular weight is 483 g/mol. The van der Waals surface area contributed by atoms with Gasteiger partial charge in [0.05, 0.1) is 23.0 Å². The number of aliphatic hydroxyl groups excluding tert-OH is 1. The van der Waals surface area contributed by atoms with Crippen molar-refractivity contribution in [2.24, 2.45) is 0 Å². The van der Waals surface area contributed by atoms with Crippen LogP contribution in [0, 0.1) is 12.7 Å². The SMILES string of the molecule is CCc1nc2c(F)cc(CN3CCN(c4ccc(C(=O)NC[C@@H](C)O)nc4C)CC3)cc2[nH]c1=O. The molecule has 0 spiro atoms. The molecule has 3 heterocycles. The fourth-order valence-corrected chi connectivity index (χ4v) is 4.33. The second kappa shape index (κ2) is 10.5. The van der Waals surface area contributed by atoms with Gasteiger partial charge in [0.25, 0.3) is 11.5 Å². The van der Waals surface area contributed by atoms with Gasteiger partial charge in [0, 0.05) is 39.3 Å². The highest BCUT2D eigenvalue weighted by molar-refractivity contribution is 5.92. The van der Waals surface area contributed by atoms with Crippen LogP contribution in [-0.2, 0) is 13.0 Å². The molecule has 1 atom stereocenters. The van der Waals surface area contributed by atoms with Crippen molar-refractivity contribution in [3.8, 4) is 0 Å². The summed E-state index contributed by atoms with van der Waals surface area (Å²) in [6.45, 7) is 9.14. The fourth-order valence-electron chi connectivity index (χ4n) is 4.33. The molecule has 3 aromatic rings. The molecule has 1 aliphatic heterocycles. The van der Waals surface area contributed by atoms with Gasteiger partial charge in [0.2, 0.25) is 0 Å². The molecule has 2 aromatic heterocycles. The van der Waals surface area contributed by atoms with Crippen molar-refractivity contribution in [2.45, 2.75) is 39.8 Å². The van der Waals surface area contributed by atoms with E-state index >= 15 is 0 Å². The van der Waals surface area contributed by atoms with E-state index in [2.05, 4.69) is 30.1 Å². The molecule has 35 heavy (non-hydrogen) atoms. The largest absolute Gasteiger partial charge is 0.392 e. The molecule has 1 aliphatic rings. The zero-order valence-corrected chi connectivity index (χ0v) is 20.3. The first kappa shape index (κ1) is 24.7. The van der Waals surface area contributed by atoms with E-state index in [0.29, 0.717) is 29.9 Å².